The second-order valence-electron chi connectivity index (χ2n) is 5.05. The summed E-state index contributed by atoms with van der Waals surface area (Å²) >= 11 is 1.68. The number of hydrogen-bond acceptors (Lipinski definition) is 2. The first-order valence-corrected chi connectivity index (χ1v) is 7.39. The van der Waals surface area contributed by atoms with E-state index in [0.29, 0.717) is 5.92 Å². The molecule has 1 fully saturated rings. The number of hydrogen-bond donors (Lipinski definition) is 1. The Kier molecular flexibility index (Phi) is 3.46. The molecule has 1 N–H and O–H groups in total. The van der Waals surface area contributed by atoms with Crippen LogP contribution in [0, 0.1) is 5.92 Å². The van der Waals surface area contributed by atoms with E-state index in [1.165, 1.54) is 29.9 Å². The molecule has 1 saturated carbocycles. The Bertz CT molecular complexity index is 556. The van der Waals surface area contributed by atoms with Gasteiger partial charge in [0.05, 0.1) is 11.6 Å². The molecule has 0 radical (unpaired) electrons. The molecule has 1 atom stereocenters. The van der Waals surface area contributed by atoms with E-state index in [-0.39, 0.29) is 6.04 Å². The van der Waals surface area contributed by atoms with Gasteiger partial charge in [-0.05, 0) is 54.5 Å². The van der Waals surface area contributed by atoms with E-state index in [2.05, 4.69) is 11.4 Å². The summed E-state index contributed by atoms with van der Waals surface area (Å²) < 4.78 is 37.6. The molecule has 0 aliphatic heterocycles. The summed E-state index contributed by atoms with van der Waals surface area (Å²) in [4.78, 5) is 1.24. The Labute approximate surface area is 119 Å². The van der Waals surface area contributed by atoms with Gasteiger partial charge in [0.2, 0.25) is 0 Å². The van der Waals surface area contributed by atoms with Gasteiger partial charge in [-0.2, -0.15) is 13.2 Å². The largest absolute Gasteiger partial charge is 0.416 e. The molecule has 3 rings (SSSR count). The maximum absolute atomic E-state index is 12.5. The fourth-order valence-electron chi connectivity index (χ4n) is 2.25. The first-order chi connectivity index (χ1) is 9.54. The van der Waals surface area contributed by atoms with Crippen LogP contribution in [0.1, 0.15) is 29.3 Å². The summed E-state index contributed by atoms with van der Waals surface area (Å²) in [6, 6.07) is 9.56. The fourth-order valence-corrected chi connectivity index (χ4v) is 3.12. The van der Waals surface area contributed by atoms with Crippen LogP contribution in [-0.2, 0) is 6.18 Å². The average Bonchev–Trinajstić information content (AvgIpc) is 3.10. The van der Waals surface area contributed by atoms with Crippen molar-refractivity contribution in [2.45, 2.75) is 25.1 Å². The lowest BCUT2D eigenvalue weighted by Gasteiger charge is -2.18. The van der Waals surface area contributed by atoms with Gasteiger partial charge < -0.3 is 5.32 Å². The van der Waals surface area contributed by atoms with Gasteiger partial charge in [0, 0.05) is 10.6 Å². The van der Waals surface area contributed by atoms with Gasteiger partial charge >= 0.3 is 6.18 Å². The minimum absolute atomic E-state index is 0.215. The summed E-state index contributed by atoms with van der Waals surface area (Å²) in [6.07, 6.45) is -1.92. The summed E-state index contributed by atoms with van der Waals surface area (Å²) in [5, 5.41) is 5.39. The van der Waals surface area contributed by atoms with Crippen LogP contribution in [-0.4, -0.2) is 0 Å². The predicted molar refractivity (Wildman–Crippen MR) is 74.9 cm³/mol. The minimum atomic E-state index is -4.28. The standard InChI is InChI=1S/C15H14F3NS/c16-15(17,18)11-5-7-12(8-6-11)19-14(10-3-4-10)13-2-1-9-20-13/h1-2,5-10,14,19H,3-4H2. The Morgan fingerprint density at radius 3 is 2.30 bits per heavy atom. The molecule has 1 aromatic carbocycles. The van der Waals surface area contributed by atoms with Gasteiger partial charge in [0.15, 0.2) is 0 Å². The SMILES string of the molecule is FC(F)(F)c1ccc(NC(c2cccs2)C2CC2)cc1. The zero-order valence-electron chi connectivity index (χ0n) is 10.7. The highest BCUT2D eigenvalue weighted by molar-refractivity contribution is 7.10. The molecule has 0 saturated heterocycles. The van der Waals surface area contributed by atoms with Crippen LogP contribution in [0.15, 0.2) is 41.8 Å². The normalized spacial score (nSPS) is 16.9. The van der Waals surface area contributed by atoms with E-state index in [1.807, 2.05) is 11.4 Å². The van der Waals surface area contributed by atoms with Gasteiger partial charge in [0.1, 0.15) is 0 Å². The zero-order valence-corrected chi connectivity index (χ0v) is 11.5. The molecule has 0 bridgehead atoms. The Balaban J connectivity index is 1.76. The highest BCUT2D eigenvalue weighted by atomic mass is 32.1. The lowest BCUT2D eigenvalue weighted by Crippen LogP contribution is -2.12. The molecule has 0 spiro atoms. The topological polar surface area (TPSA) is 12.0 Å². The molecule has 1 aliphatic rings. The Morgan fingerprint density at radius 1 is 1.10 bits per heavy atom. The summed E-state index contributed by atoms with van der Waals surface area (Å²) in [5.41, 5.74) is 0.130. The number of alkyl halides is 3. The van der Waals surface area contributed by atoms with Gasteiger partial charge in [-0.15, -0.1) is 11.3 Å². The van der Waals surface area contributed by atoms with Crippen LogP contribution in [0.3, 0.4) is 0 Å². The maximum Gasteiger partial charge on any atom is 0.416 e. The molecule has 20 heavy (non-hydrogen) atoms. The van der Waals surface area contributed by atoms with Gasteiger partial charge in [-0.3, -0.25) is 0 Å². The first-order valence-electron chi connectivity index (χ1n) is 6.51. The van der Waals surface area contributed by atoms with Crippen molar-refractivity contribution in [2.75, 3.05) is 5.32 Å². The van der Waals surface area contributed by atoms with E-state index in [0.717, 1.165) is 17.8 Å². The second-order valence-corrected chi connectivity index (χ2v) is 6.03. The smallest absolute Gasteiger partial charge is 0.377 e. The van der Waals surface area contributed by atoms with E-state index in [1.54, 1.807) is 11.3 Å². The molecular formula is C15H14F3NS. The summed E-state index contributed by atoms with van der Waals surface area (Å²) in [6.45, 7) is 0. The van der Waals surface area contributed by atoms with Gasteiger partial charge in [-0.1, -0.05) is 6.07 Å². The van der Waals surface area contributed by atoms with Crippen molar-refractivity contribution in [1.29, 1.82) is 0 Å². The number of benzene rings is 1. The van der Waals surface area contributed by atoms with Gasteiger partial charge in [-0.25, -0.2) is 0 Å². The fraction of sp³-hybridized carbons (Fsp3) is 0.333. The van der Waals surface area contributed by atoms with Crippen molar-refractivity contribution in [3.8, 4) is 0 Å². The van der Waals surface area contributed by atoms with Crippen molar-refractivity contribution in [1.82, 2.24) is 0 Å². The minimum Gasteiger partial charge on any atom is -0.377 e. The molecule has 1 unspecified atom stereocenters. The predicted octanol–water partition coefficient (Wildman–Crippen LogP) is 5.33. The molecule has 1 aromatic heterocycles. The van der Waals surface area contributed by atoms with Crippen molar-refractivity contribution < 1.29 is 13.2 Å². The summed E-state index contributed by atoms with van der Waals surface area (Å²) in [7, 11) is 0. The second kappa shape index (κ2) is 5.13. The molecule has 0 amide bonds. The molecule has 1 aliphatic carbocycles. The average molecular weight is 297 g/mol. The monoisotopic (exact) mass is 297 g/mol. The van der Waals surface area contributed by atoms with Crippen LogP contribution in [0.5, 0.6) is 0 Å². The molecule has 1 nitrogen and oxygen atoms in total. The first kappa shape index (κ1) is 13.5. The van der Waals surface area contributed by atoms with Crippen molar-refractivity contribution in [2.24, 2.45) is 5.92 Å². The van der Waals surface area contributed by atoms with Crippen LogP contribution >= 0.6 is 11.3 Å². The van der Waals surface area contributed by atoms with Crippen molar-refractivity contribution in [3.63, 3.8) is 0 Å². The van der Waals surface area contributed by atoms with Gasteiger partial charge in [0.25, 0.3) is 0 Å². The maximum atomic E-state index is 12.5. The number of halogens is 3. The third-order valence-corrected chi connectivity index (χ3v) is 4.43. The molecule has 106 valence electrons. The lowest BCUT2D eigenvalue weighted by atomic mass is 10.1. The highest BCUT2D eigenvalue weighted by Crippen LogP contribution is 2.44. The zero-order chi connectivity index (χ0) is 14.2. The van der Waals surface area contributed by atoms with Crippen LogP contribution in [0.25, 0.3) is 0 Å². The number of rotatable bonds is 4. The molecular weight excluding hydrogens is 283 g/mol. The number of nitrogens with one attached hydrogen (secondary N) is 1. The van der Waals surface area contributed by atoms with Crippen LogP contribution in [0.2, 0.25) is 0 Å². The molecule has 2 aromatic rings. The highest BCUT2D eigenvalue weighted by Gasteiger charge is 2.33. The molecule has 1 heterocycles. The Hall–Kier alpha value is -1.49. The van der Waals surface area contributed by atoms with E-state index in [4.69, 9.17) is 0 Å². The van der Waals surface area contributed by atoms with Crippen molar-refractivity contribution in [3.05, 3.63) is 52.2 Å². The van der Waals surface area contributed by atoms with E-state index >= 15 is 0 Å². The van der Waals surface area contributed by atoms with E-state index in [9.17, 15) is 13.2 Å². The van der Waals surface area contributed by atoms with Crippen molar-refractivity contribution >= 4 is 17.0 Å². The lowest BCUT2D eigenvalue weighted by molar-refractivity contribution is -0.137. The Morgan fingerprint density at radius 2 is 1.80 bits per heavy atom. The number of anilines is 1. The van der Waals surface area contributed by atoms with E-state index < -0.39 is 11.7 Å². The quantitative estimate of drug-likeness (QED) is 0.804. The number of thiophene rings is 1. The van der Waals surface area contributed by atoms with Crippen LogP contribution in [0.4, 0.5) is 18.9 Å². The van der Waals surface area contributed by atoms with Crippen LogP contribution < -0.4 is 5.32 Å². The molecule has 5 heteroatoms. The third kappa shape index (κ3) is 2.98. The third-order valence-electron chi connectivity index (χ3n) is 3.48. The summed E-state index contributed by atoms with van der Waals surface area (Å²) in [5.74, 6) is 0.593.